The van der Waals surface area contributed by atoms with Crippen LogP contribution in [0.3, 0.4) is 0 Å². The van der Waals surface area contributed by atoms with Gasteiger partial charge in [-0.2, -0.15) is 0 Å². The van der Waals surface area contributed by atoms with E-state index in [1.54, 1.807) is 54.6 Å². The van der Waals surface area contributed by atoms with Crippen LogP contribution in [0.2, 0.25) is 0 Å². The molecule has 2 N–H and O–H groups in total. The molecule has 0 aliphatic heterocycles. The molecule has 0 spiro atoms. The average molecular weight is 455 g/mol. The van der Waals surface area contributed by atoms with E-state index in [0.717, 1.165) is 5.39 Å². The molecule has 0 radical (unpaired) electrons. The van der Waals surface area contributed by atoms with Gasteiger partial charge in [0.1, 0.15) is 22.9 Å². The summed E-state index contributed by atoms with van der Waals surface area (Å²) >= 11 is 0. The van der Waals surface area contributed by atoms with E-state index in [1.807, 2.05) is 18.2 Å². The number of carbonyl (C=O) groups excluding carboxylic acids is 2. The molecule has 0 aliphatic rings. The van der Waals surface area contributed by atoms with Crippen molar-refractivity contribution in [1.82, 2.24) is 0 Å². The number of benzene rings is 4. The number of methoxy groups -OCH3 is 2. The number of phenols is 1. The highest BCUT2D eigenvalue weighted by molar-refractivity contribution is 6.05. The maximum absolute atomic E-state index is 12.6. The molecule has 4 aromatic carbocycles. The van der Waals surface area contributed by atoms with Crippen molar-refractivity contribution in [3.05, 3.63) is 83.9 Å². The van der Waals surface area contributed by atoms with E-state index in [1.165, 1.54) is 14.2 Å². The number of hydrogen-bond donors (Lipinski definition) is 2. The fraction of sp³-hybridized carbons (Fsp3) is 0.0769. The zero-order chi connectivity index (χ0) is 24.1. The minimum Gasteiger partial charge on any atom is -0.505 e. The summed E-state index contributed by atoms with van der Waals surface area (Å²) in [5.74, 6) is 0.0885. The number of nitrogens with one attached hydrogen (secondary N) is 1. The molecule has 0 aliphatic carbocycles. The number of rotatable bonds is 7. The molecule has 1 amide bonds. The second-order valence-electron chi connectivity index (χ2n) is 7.25. The van der Waals surface area contributed by atoms with Gasteiger partial charge in [0.05, 0.1) is 25.5 Å². The van der Waals surface area contributed by atoms with Crippen LogP contribution >= 0.6 is 0 Å². The van der Waals surface area contributed by atoms with Gasteiger partial charge in [0.25, 0.3) is 5.91 Å². The molecule has 0 atom stereocenters. The number of phenolic OH excluding ortho intramolecular Hbond substituents is 1. The van der Waals surface area contributed by atoms with Crippen molar-refractivity contribution in [1.29, 1.82) is 0 Å². The Morgan fingerprint density at radius 1 is 0.912 bits per heavy atom. The summed E-state index contributed by atoms with van der Waals surface area (Å²) in [7, 11) is 2.93. The second-order valence-corrected chi connectivity index (χ2v) is 7.25. The highest BCUT2D eigenvalue weighted by Gasteiger charge is 2.16. The normalized spacial score (nSPS) is 10.9. The molecule has 8 heteroatoms. The Kier molecular flexibility index (Phi) is 6.49. The zero-order valence-electron chi connectivity index (χ0n) is 18.5. The summed E-state index contributed by atoms with van der Waals surface area (Å²) < 4.78 is 10.9. The Morgan fingerprint density at radius 3 is 2.32 bits per heavy atom. The van der Waals surface area contributed by atoms with Gasteiger partial charge in [0.15, 0.2) is 12.0 Å². The Labute approximate surface area is 195 Å². The van der Waals surface area contributed by atoms with Crippen molar-refractivity contribution in [2.24, 2.45) is 10.2 Å². The van der Waals surface area contributed by atoms with Gasteiger partial charge in [-0.3, -0.25) is 9.59 Å². The van der Waals surface area contributed by atoms with Crippen LogP contribution in [-0.4, -0.2) is 31.5 Å². The minimum absolute atomic E-state index is 0.108. The lowest BCUT2D eigenvalue weighted by Crippen LogP contribution is -2.12. The zero-order valence-corrected chi connectivity index (χ0v) is 18.5. The number of fused-ring (bicyclic) bond motifs is 1. The second kappa shape index (κ2) is 9.83. The van der Waals surface area contributed by atoms with Gasteiger partial charge in [-0.25, -0.2) is 0 Å². The Balaban J connectivity index is 1.74. The number of aromatic hydroxyl groups is 1. The van der Waals surface area contributed by atoms with Crippen LogP contribution in [0.1, 0.15) is 20.7 Å². The van der Waals surface area contributed by atoms with Crippen LogP contribution in [-0.2, 0) is 0 Å². The molecule has 4 rings (SSSR count). The van der Waals surface area contributed by atoms with Crippen LogP contribution in [0, 0.1) is 0 Å². The summed E-state index contributed by atoms with van der Waals surface area (Å²) in [6.07, 6.45) is 0.564. The predicted molar refractivity (Wildman–Crippen MR) is 129 cm³/mol. The number of ether oxygens (including phenoxy) is 2. The van der Waals surface area contributed by atoms with Crippen molar-refractivity contribution in [3.8, 4) is 17.2 Å². The SMILES string of the molecule is COc1cc(NC(=O)c2ccccc2)c(OC)cc1/N=N/c1c(O)c(C=O)cc2ccccc12. The van der Waals surface area contributed by atoms with Crippen LogP contribution in [0.5, 0.6) is 17.2 Å². The first-order valence-electron chi connectivity index (χ1n) is 10.3. The first-order valence-corrected chi connectivity index (χ1v) is 10.3. The molecule has 0 saturated heterocycles. The standard InChI is InChI=1S/C26H21N3O5/c1-33-22-14-21(23(34-2)13-20(22)27-26(32)16-8-4-3-5-9-16)28-29-24-19-11-7-6-10-17(19)12-18(15-30)25(24)31/h3-15,31H,1-2H3,(H,27,32)/b29-28+. The van der Waals surface area contributed by atoms with Crippen molar-refractivity contribution < 1.29 is 24.2 Å². The number of nitrogens with zero attached hydrogens (tertiary/aromatic N) is 2. The van der Waals surface area contributed by atoms with Gasteiger partial charge in [-0.15, -0.1) is 10.2 Å². The van der Waals surface area contributed by atoms with E-state index in [0.29, 0.717) is 40.1 Å². The summed E-state index contributed by atoms with van der Waals surface area (Å²) in [6.45, 7) is 0. The number of carbonyl (C=O) groups is 2. The van der Waals surface area contributed by atoms with E-state index in [4.69, 9.17) is 9.47 Å². The average Bonchev–Trinajstić information content (AvgIpc) is 2.88. The number of hydrogen-bond acceptors (Lipinski definition) is 7. The van der Waals surface area contributed by atoms with Gasteiger partial charge in [0.2, 0.25) is 0 Å². The molecule has 4 aromatic rings. The monoisotopic (exact) mass is 455 g/mol. The van der Waals surface area contributed by atoms with E-state index in [2.05, 4.69) is 15.5 Å². The Bertz CT molecular complexity index is 1400. The Morgan fingerprint density at radius 2 is 1.62 bits per heavy atom. The summed E-state index contributed by atoms with van der Waals surface area (Å²) in [4.78, 5) is 24.0. The first kappa shape index (κ1) is 22.5. The fourth-order valence-electron chi connectivity index (χ4n) is 3.48. The summed E-state index contributed by atoms with van der Waals surface area (Å²) in [6, 6.07) is 20.7. The van der Waals surface area contributed by atoms with Crippen LogP contribution in [0.25, 0.3) is 10.8 Å². The molecular weight excluding hydrogens is 434 g/mol. The van der Waals surface area contributed by atoms with Crippen molar-refractivity contribution >= 4 is 40.0 Å². The molecule has 0 fully saturated rings. The van der Waals surface area contributed by atoms with Crippen molar-refractivity contribution in [2.75, 3.05) is 19.5 Å². The highest BCUT2D eigenvalue weighted by Crippen LogP contribution is 2.42. The summed E-state index contributed by atoms with van der Waals surface area (Å²) in [5, 5.41) is 23.2. The van der Waals surface area contributed by atoms with Gasteiger partial charge in [-0.05, 0) is 23.6 Å². The molecular formula is C26H21N3O5. The largest absolute Gasteiger partial charge is 0.505 e. The molecule has 0 bridgehead atoms. The van der Waals surface area contributed by atoms with E-state index in [-0.39, 0.29) is 22.9 Å². The third kappa shape index (κ3) is 4.42. The fourth-order valence-corrected chi connectivity index (χ4v) is 3.48. The lowest BCUT2D eigenvalue weighted by atomic mass is 10.0. The van der Waals surface area contributed by atoms with E-state index < -0.39 is 0 Å². The van der Waals surface area contributed by atoms with Crippen molar-refractivity contribution in [3.63, 3.8) is 0 Å². The Hall–Kier alpha value is -4.72. The third-order valence-electron chi connectivity index (χ3n) is 5.19. The number of aldehydes is 1. The molecule has 0 saturated carbocycles. The van der Waals surface area contributed by atoms with Crippen LogP contribution in [0.15, 0.2) is 83.0 Å². The highest BCUT2D eigenvalue weighted by atomic mass is 16.5. The maximum atomic E-state index is 12.6. The van der Waals surface area contributed by atoms with Gasteiger partial charge in [-0.1, -0.05) is 42.5 Å². The number of amides is 1. The third-order valence-corrected chi connectivity index (χ3v) is 5.19. The van der Waals surface area contributed by atoms with Crippen molar-refractivity contribution in [2.45, 2.75) is 0 Å². The van der Waals surface area contributed by atoms with Gasteiger partial charge < -0.3 is 19.9 Å². The topological polar surface area (TPSA) is 110 Å². The maximum Gasteiger partial charge on any atom is 0.255 e. The minimum atomic E-state index is -0.308. The molecule has 0 heterocycles. The molecule has 34 heavy (non-hydrogen) atoms. The van der Waals surface area contributed by atoms with E-state index in [9.17, 15) is 14.7 Å². The molecule has 170 valence electrons. The molecule has 8 nitrogen and oxygen atoms in total. The van der Waals surface area contributed by atoms with E-state index >= 15 is 0 Å². The summed E-state index contributed by atoms with van der Waals surface area (Å²) in [5.41, 5.74) is 1.45. The lowest BCUT2D eigenvalue weighted by Gasteiger charge is -2.13. The van der Waals surface area contributed by atoms with Gasteiger partial charge >= 0.3 is 0 Å². The van der Waals surface area contributed by atoms with Crippen LogP contribution < -0.4 is 14.8 Å². The first-order chi connectivity index (χ1) is 16.5. The van der Waals surface area contributed by atoms with Gasteiger partial charge in [0, 0.05) is 23.1 Å². The number of anilines is 1. The smallest absolute Gasteiger partial charge is 0.255 e. The van der Waals surface area contributed by atoms with Crippen LogP contribution in [0.4, 0.5) is 17.1 Å². The molecule has 0 aromatic heterocycles. The predicted octanol–water partition coefficient (Wildman–Crippen LogP) is 6.04. The number of azo groups is 1. The molecule has 0 unspecified atom stereocenters. The quantitative estimate of drug-likeness (QED) is 0.261. The lowest BCUT2D eigenvalue weighted by molar-refractivity contribution is 0.102.